The predicted octanol–water partition coefficient (Wildman–Crippen LogP) is 3.16. The van der Waals surface area contributed by atoms with Crippen LogP contribution < -0.4 is 0 Å². The maximum absolute atomic E-state index is 5.45. The molecule has 0 spiro atoms. The second kappa shape index (κ2) is 3.83. The van der Waals surface area contributed by atoms with E-state index in [0.717, 1.165) is 11.8 Å². The van der Waals surface area contributed by atoms with Gasteiger partial charge in [-0.05, 0) is 50.9 Å². The van der Waals surface area contributed by atoms with E-state index in [1.807, 2.05) is 7.11 Å². The van der Waals surface area contributed by atoms with E-state index in [2.05, 4.69) is 13.0 Å². The Hall–Kier alpha value is -0.300. The normalized spacial score (nSPS) is 39.5. The van der Waals surface area contributed by atoms with Crippen LogP contribution in [0.2, 0.25) is 0 Å². The van der Waals surface area contributed by atoms with Crippen LogP contribution in [0.4, 0.5) is 0 Å². The van der Waals surface area contributed by atoms with Crippen molar-refractivity contribution in [3.05, 3.63) is 11.6 Å². The third-order valence-electron chi connectivity index (χ3n) is 3.73. The lowest BCUT2D eigenvalue weighted by atomic mass is 9.71. The molecule has 2 aliphatic carbocycles. The van der Waals surface area contributed by atoms with Gasteiger partial charge in [0.1, 0.15) is 0 Å². The number of methoxy groups -OCH3 is 1. The van der Waals surface area contributed by atoms with Gasteiger partial charge in [-0.1, -0.05) is 11.6 Å². The Balaban J connectivity index is 2.00. The van der Waals surface area contributed by atoms with E-state index < -0.39 is 0 Å². The molecule has 2 rings (SSSR count). The van der Waals surface area contributed by atoms with Crippen molar-refractivity contribution < 1.29 is 4.74 Å². The maximum Gasteiger partial charge on any atom is 0.0574 e. The summed E-state index contributed by atoms with van der Waals surface area (Å²) in [5, 5.41) is 0. The van der Waals surface area contributed by atoms with Gasteiger partial charge in [0, 0.05) is 7.11 Å². The van der Waals surface area contributed by atoms with E-state index in [4.69, 9.17) is 4.74 Å². The molecule has 3 atom stereocenters. The van der Waals surface area contributed by atoms with Gasteiger partial charge < -0.3 is 4.74 Å². The summed E-state index contributed by atoms with van der Waals surface area (Å²) >= 11 is 0. The van der Waals surface area contributed by atoms with Gasteiger partial charge in [-0.2, -0.15) is 0 Å². The standard InChI is InChI=1S/C12H20O/c1-9-3-4-11-8-12(13-2)6-5-10(11)7-9/h7,10-12H,3-6,8H2,1-2H3. The molecule has 0 amide bonds. The van der Waals surface area contributed by atoms with Crippen LogP contribution in [-0.2, 0) is 4.74 Å². The topological polar surface area (TPSA) is 9.23 Å². The number of allylic oxidation sites excluding steroid dienone is 2. The minimum Gasteiger partial charge on any atom is -0.381 e. The van der Waals surface area contributed by atoms with Crippen LogP contribution in [0.15, 0.2) is 11.6 Å². The third-order valence-corrected chi connectivity index (χ3v) is 3.73. The lowest BCUT2D eigenvalue weighted by Gasteiger charge is -2.37. The molecule has 74 valence electrons. The molecule has 1 saturated carbocycles. The summed E-state index contributed by atoms with van der Waals surface area (Å²) in [6, 6.07) is 0. The van der Waals surface area contributed by atoms with E-state index in [9.17, 15) is 0 Å². The molecule has 2 aliphatic rings. The Morgan fingerprint density at radius 1 is 1.31 bits per heavy atom. The Morgan fingerprint density at radius 3 is 2.92 bits per heavy atom. The molecule has 1 heteroatoms. The number of hydrogen-bond acceptors (Lipinski definition) is 1. The van der Waals surface area contributed by atoms with Gasteiger partial charge in [0.25, 0.3) is 0 Å². The van der Waals surface area contributed by atoms with Crippen LogP contribution in [0.1, 0.15) is 39.0 Å². The molecule has 0 bridgehead atoms. The van der Waals surface area contributed by atoms with Crippen molar-refractivity contribution in [1.29, 1.82) is 0 Å². The highest BCUT2D eigenvalue weighted by molar-refractivity contribution is 5.08. The number of fused-ring (bicyclic) bond motifs is 1. The SMILES string of the molecule is COC1CCC2C=C(C)CCC2C1. The number of ether oxygens (including phenoxy) is 1. The van der Waals surface area contributed by atoms with Crippen LogP contribution in [0.25, 0.3) is 0 Å². The molecular formula is C12H20O. The molecule has 1 nitrogen and oxygen atoms in total. The highest BCUT2D eigenvalue weighted by atomic mass is 16.5. The Kier molecular flexibility index (Phi) is 2.73. The molecule has 13 heavy (non-hydrogen) atoms. The van der Waals surface area contributed by atoms with Gasteiger partial charge >= 0.3 is 0 Å². The third kappa shape index (κ3) is 1.96. The van der Waals surface area contributed by atoms with Crippen LogP contribution in [0.5, 0.6) is 0 Å². The molecule has 3 unspecified atom stereocenters. The lowest BCUT2D eigenvalue weighted by molar-refractivity contribution is 0.0334. The molecule has 0 aromatic rings. The molecule has 0 heterocycles. The van der Waals surface area contributed by atoms with Gasteiger partial charge in [0.15, 0.2) is 0 Å². The highest BCUT2D eigenvalue weighted by Crippen LogP contribution is 2.39. The lowest BCUT2D eigenvalue weighted by Crippen LogP contribution is -2.30. The summed E-state index contributed by atoms with van der Waals surface area (Å²) in [6.07, 6.45) is 9.69. The summed E-state index contributed by atoms with van der Waals surface area (Å²) in [7, 11) is 1.86. The first-order chi connectivity index (χ1) is 6.29. The fourth-order valence-electron chi connectivity index (χ4n) is 2.87. The van der Waals surface area contributed by atoms with Crippen molar-refractivity contribution in [3.8, 4) is 0 Å². The summed E-state index contributed by atoms with van der Waals surface area (Å²) in [6.45, 7) is 2.28. The molecule has 0 aromatic carbocycles. The minimum atomic E-state index is 0.549. The van der Waals surface area contributed by atoms with E-state index >= 15 is 0 Å². The van der Waals surface area contributed by atoms with E-state index in [-0.39, 0.29) is 0 Å². The zero-order chi connectivity index (χ0) is 9.26. The van der Waals surface area contributed by atoms with Gasteiger partial charge in [-0.25, -0.2) is 0 Å². The van der Waals surface area contributed by atoms with Gasteiger partial charge in [-0.15, -0.1) is 0 Å². The maximum atomic E-state index is 5.45. The summed E-state index contributed by atoms with van der Waals surface area (Å²) in [5.74, 6) is 1.79. The second-order valence-electron chi connectivity index (χ2n) is 4.65. The summed E-state index contributed by atoms with van der Waals surface area (Å²) in [4.78, 5) is 0. The fourth-order valence-corrected chi connectivity index (χ4v) is 2.87. The first kappa shape index (κ1) is 9.26. The van der Waals surface area contributed by atoms with Crippen LogP contribution in [-0.4, -0.2) is 13.2 Å². The van der Waals surface area contributed by atoms with Crippen molar-refractivity contribution in [1.82, 2.24) is 0 Å². The van der Waals surface area contributed by atoms with Crippen molar-refractivity contribution in [2.24, 2.45) is 11.8 Å². The Bertz CT molecular complexity index is 207. The average Bonchev–Trinajstić information content (AvgIpc) is 2.17. The molecule has 0 N–H and O–H groups in total. The second-order valence-corrected chi connectivity index (χ2v) is 4.65. The summed E-state index contributed by atoms with van der Waals surface area (Å²) < 4.78 is 5.45. The van der Waals surface area contributed by atoms with Gasteiger partial charge in [0.05, 0.1) is 6.10 Å². The van der Waals surface area contributed by atoms with Crippen molar-refractivity contribution in [2.75, 3.05) is 7.11 Å². The first-order valence-corrected chi connectivity index (χ1v) is 5.49. The predicted molar refractivity (Wildman–Crippen MR) is 54.6 cm³/mol. The van der Waals surface area contributed by atoms with Crippen molar-refractivity contribution >= 4 is 0 Å². The van der Waals surface area contributed by atoms with Gasteiger partial charge in [-0.3, -0.25) is 0 Å². The van der Waals surface area contributed by atoms with Gasteiger partial charge in [0.2, 0.25) is 0 Å². The van der Waals surface area contributed by atoms with E-state index in [1.165, 1.54) is 32.1 Å². The smallest absolute Gasteiger partial charge is 0.0574 e. The van der Waals surface area contributed by atoms with Crippen LogP contribution in [0, 0.1) is 11.8 Å². The summed E-state index contributed by atoms with van der Waals surface area (Å²) in [5.41, 5.74) is 1.61. The monoisotopic (exact) mass is 180 g/mol. The van der Waals surface area contributed by atoms with Crippen molar-refractivity contribution in [3.63, 3.8) is 0 Å². The van der Waals surface area contributed by atoms with E-state index in [0.29, 0.717) is 6.10 Å². The quantitative estimate of drug-likeness (QED) is 0.563. The Morgan fingerprint density at radius 2 is 2.15 bits per heavy atom. The van der Waals surface area contributed by atoms with Crippen molar-refractivity contribution in [2.45, 2.75) is 45.1 Å². The van der Waals surface area contributed by atoms with Crippen LogP contribution >= 0.6 is 0 Å². The first-order valence-electron chi connectivity index (χ1n) is 5.49. The van der Waals surface area contributed by atoms with Crippen LogP contribution in [0.3, 0.4) is 0 Å². The average molecular weight is 180 g/mol. The fraction of sp³-hybridized carbons (Fsp3) is 0.833. The van der Waals surface area contributed by atoms with E-state index in [1.54, 1.807) is 5.57 Å². The molecular weight excluding hydrogens is 160 g/mol. The zero-order valence-corrected chi connectivity index (χ0v) is 8.75. The minimum absolute atomic E-state index is 0.549. The Labute approximate surface area is 81.2 Å². The molecule has 0 radical (unpaired) electrons. The molecule has 0 aromatic heterocycles. The largest absolute Gasteiger partial charge is 0.381 e. The molecule has 1 fully saturated rings. The number of rotatable bonds is 1. The number of hydrogen-bond donors (Lipinski definition) is 0. The molecule has 0 saturated heterocycles. The molecule has 0 aliphatic heterocycles. The highest BCUT2D eigenvalue weighted by Gasteiger charge is 2.30. The zero-order valence-electron chi connectivity index (χ0n) is 8.75.